The van der Waals surface area contributed by atoms with E-state index in [0.717, 1.165) is 45.4 Å². The molecule has 1 heterocycles. The highest BCUT2D eigenvalue weighted by atomic mass is 16.5. The number of hydrogen-bond donors (Lipinski definition) is 3. The Balaban J connectivity index is 2.15. The van der Waals surface area contributed by atoms with Gasteiger partial charge in [0.25, 0.3) is 0 Å². The molecule has 0 spiro atoms. The quantitative estimate of drug-likeness (QED) is 0.528. The smallest absolute Gasteiger partial charge is 0.0469 e. The summed E-state index contributed by atoms with van der Waals surface area (Å²) in [4.78, 5) is 0. The van der Waals surface area contributed by atoms with Crippen LogP contribution in [-0.2, 0) is 4.74 Å². The normalized spacial score (nSPS) is 20.4. The molecule has 4 nitrogen and oxygen atoms in total. The van der Waals surface area contributed by atoms with E-state index in [1.54, 1.807) is 0 Å². The standard InChI is InChI=1S/C11H24N2O2/c12-9-11(13-5-1-2-6-14)10-3-7-15-8-4-10/h10-11,13-14H,1-9,12H2. The molecule has 0 amide bonds. The van der Waals surface area contributed by atoms with E-state index in [1.807, 2.05) is 0 Å². The summed E-state index contributed by atoms with van der Waals surface area (Å²) >= 11 is 0. The minimum absolute atomic E-state index is 0.284. The highest BCUT2D eigenvalue weighted by molar-refractivity contribution is 4.79. The Hall–Kier alpha value is -0.160. The molecular weight excluding hydrogens is 192 g/mol. The Labute approximate surface area is 92.2 Å². The van der Waals surface area contributed by atoms with E-state index in [4.69, 9.17) is 15.6 Å². The van der Waals surface area contributed by atoms with E-state index in [0.29, 0.717) is 18.5 Å². The van der Waals surface area contributed by atoms with Crippen LogP contribution in [-0.4, -0.2) is 44.1 Å². The van der Waals surface area contributed by atoms with Gasteiger partial charge in [-0.3, -0.25) is 0 Å². The summed E-state index contributed by atoms with van der Waals surface area (Å²) in [6.45, 7) is 3.69. The molecule has 1 aliphatic rings. The monoisotopic (exact) mass is 216 g/mol. The van der Waals surface area contributed by atoms with Crippen LogP contribution in [0.2, 0.25) is 0 Å². The van der Waals surface area contributed by atoms with E-state index in [-0.39, 0.29) is 6.61 Å². The molecule has 0 bridgehead atoms. The molecule has 4 heteroatoms. The summed E-state index contributed by atoms with van der Waals surface area (Å²) in [6.07, 6.45) is 4.14. The third-order valence-electron chi connectivity index (χ3n) is 3.08. The first-order chi connectivity index (χ1) is 7.38. The van der Waals surface area contributed by atoms with E-state index < -0.39 is 0 Å². The minimum Gasteiger partial charge on any atom is -0.396 e. The maximum atomic E-state index is 8.67. The van der Waals surface area contributed by atoms with Crippen molar-refractivity contribution in [3.05, 3.63) is 0 Å². The van der Waals surface area contributed by atoms with Gasteiger partial charge in [-0.05, 0) is 38.1 Å². The molecule has 0 radical (unpaired) electrons. The molecule has 0 aromatic carbocycles. The zero-order valence-electron chi connectivity index (χ0n) is 9.45. The largest absolute Gasteiger partial charge is 0.396 e. The summed E-state index contributed by atoms with van der Waals surface area (Å²) in [7, 11) is 0. The third-order valence-corrected chi connectivity index (χ3v) is 3.08. The van der Waals surface area contributed by atoms with Gasteiger partial charge in [0.1, 0.15) is 0 Å². The number of nitrogens with two attached hydrogens (primary N) is 1. The van der Waals surface area contributed by atoms with Crippen molar-refractivity contribution in [2.24, 2.45) is 11.7 Å². The van der Waals surface area contributed by atoms with Gasteiger partial charge < -0.3 is 20.9 Å². The first kappa shape index (κ1) is 12.9. The number of rotatable bonds is 7. The van der Waals surface area contributed by atoms with Gasteiger partial charge in [0.05, 0.1) is 0 Å². The number of ether oxygens (including phenoxy) is 1. The Morgan fingerprint density at radius 2 is 2.07 bits per heavy atom. The molecule has 1 atom stereocenters. The molecule has 1 saturated heterocycles. The van der Waals surface area contributed by atoms with E-state index in [2.05, 4.69) is 5.32 Å². The van der Waals surface area contributed by atoms with Gasteiger partial charge in [-0.1, -0.05) is 0 Å². The van der Waals surface area contributed by atoms with Crippen molar-refractivity contribution in [3.8, 4) is 0 Å². The zero-order chi connectivity index (χ0) is 10.9. The fourth-order valence-electron chi connectivity index (χ4n) is 2.08. The van der Waals surface area contributed by atoms with E-state index >= 15 is 0 Å². The molecule has 1 aliphatic heterocycles. The molecule has 0 aromatic heterocycles. The maximum absolute atomic E-state index is 8.67. The van der Waals surface area contributed by atoms with Crippen LogP contribution in [0.4, 0.5) is 0 Å². The lowest BCUT2D eigenvalue weighted by Crippen LogP contribution is -2.44. The summed E-state index contributed by atoms with van der Waals surface area (Å²) in [5.41, 5.74) is 5.77. The van der Waals surface area contributed by atoms with Crippen molar-refractivity contribution in [1.29, 1.82) is 0 Å². The summed E-state index contributed by atoms with van der Waals surface area (Å²) in [5, 5.41) is 12.2. The van der Waals surface area contributed by atoms with E-state index in [9.17, 15) is 0 Å². The second-order valence-electron chi connectivity index (χ2n) is 4.18. The molecule has 0 aliphatic carbocycles. The van der Waals surface area contributed by atoms with Gasteiger partial charge in [0.15, 0.2) is 0 Å². The highest BCUT2D eigenvalue weighted by Crippen LogP contribution is 2.18. The lowest BCUT2D eigenvalue weighted by molar-refractivity contribution is 0.0547. The molecule has 1 fully saturated rings. The van der Waals surface area contributed by atoms with Crippen LogP contribution >= 0.6 is 0 Å². The van der Waals surface area contributed by atoms with Crippen molar-refractivity contribution in [1.82, 2.24) is 5.32 Å². The Kier molecular flexibility index (Phi) is 6.92. The molecular formula is C11H24N2O2. The molecule has 0 saturated carbocycles. The van der Waals surface area contributed by atoms with Crippen molar-refractivity contribution >= 4 is 0 Å². The fraction of sp³-hybridized carbons (Fsp3) is 1.00. The van der Waals surface area contributed by atoms with Crippen LogP contribution in [0.5, 0.6) is 0 Å². The van der Waals surface area contributed by atoms with Crippen LogP contribution in [0, 0.1) is 5.92 Å². The predicted molar refractivity (Wildman–Crippen MR) is 60.7 cm³/mol. The first-order valence-electron chi connectivity index (χ1n) is 6.00. The zero-order valence-corrected chi connectivity index (χ0v) is 9.45. The average Bonchev–Trinajstić information content (AvgIpc) is 2.30. The van der Waals surface area contributed by atoms with Crippen LogP contribution in [0.3, 0.4) is 0 Å². The van der Waals surface area contributed by atoms with Gasteiger partial charge in [-0.2, -0.15) is 0 Å². The van der Waals surface area contributed by atoms with Gasteiger partial charge in [0.2, 0.25) is 0 Å². The average molecular weight is 216 g/mol. The van der Waals surface area contributed by atoms with Crippen LogP contribution in [0.1, 0.15) is 25.7 Å². The van der Waals surface area contributed by atoms with Gasteiger partial charge in [-0.15, -0.1) is 0 Å². The van der Waals surface area contributed by atoms with Crippen molar-refractivity contribution in [2.75, 3.05) is 32.9 Å². The summed E-state index contributed by atoms with van der Waals surface area (Å²) in [6, 6.07) is 0.424. The van der Waals surface area contributed by atoms with Crippen molar-refractivity contribution < 1.29 is 9.84 Å². The summed E-state index contributed by atoms with van der Waals surface area (Å²) < 4.78 is 5.34. The Morgan fingerprint density at radius 3 is 2.67 bits per heavy atom. The van der Waals surface area contributed by atoms with Crippen molar-refractivity contribution in [3.63, 3.8) is 0 Å². The van der Waals surface area contributed by atoms with Crippen LogP contribution in [0.15, 0.2) is 0 Å². The van der Waals surface area contributed by atoms with Gasteiger partial charge in [-0.25, -0.2) is 0 Å². The Bertz CT molecular complexity index is 150. The van der Waals surface area contributed by atoms with Gasteiger partial charge in [0, 0.05) is 32.4 Å². The molecule has 0 aromatic rings. The summed E-state index contributed by atoms with van der Waals surface area (Å²) in [5.74, 6) is 0.665. The number of aliphatic hydroxyl groups excluding tert-OH is 1. The molecule has 4 N–H and O–H groups in total. The predicted octanol–water partition coefficient (Wildman–Crippen LogP) is 0.102. The Morgan fingerprint density at radius 1 is 1.33 bits per heavy atom. The second-order valence-corrected chi connectivity index (χ2v) is 4.18. The van der Waals surface area contributed by atoms with Gasteiger partial charge >= 0.3 is 0 Å². The topological polar surface area (TPSA) is 67.5 Å². The third kappa shape index (κ3) is 4.93. The SMILES string of the molecule is NCC(NCCCCO)C1CCOCC1. The number of nitrogens with one attached hydrogen (secondary N) is 1. The van der Waals surface area contributed by atoms with E-state index in [1.165, 1.54) is 0 Å². The van der Waals surface area contributed by atoms with Crippen LogP contribution in [0.25, 0.3) is 0 Å². The number of aliphatic hydroxyl groups is 1. The van der Waals surface area contributed by atoms with Crippen molar-refractivity contribution in [2.45, 2.75) is 31.7 Å². The minimum atomic E-state index is 0.284. The molecule has 1 unspecified atom stereocenters. The highest BCUT2D eigenvalue weighted by Gasteiger charge is 2.21. The fourth-order valence-corrected chi connectivity index (χ4v) is 2.08. The molecule has 1 rings (SSSR count). The lowest BCUT2D eigenvalue weighted by Gasteiger charge is -2.30. The number of hydrogen-bond acceptors (Lipinski definition) is 4. The second kappa shape index (κ2) is 8.05. The number of unbranched alkanes of at least 4 members (excludes halogenated alkanes) is 1. The lowest BCUT2D eigenvalue weighted by atomic mass is 9.91. The maximum Gasteiger partial charge on any atom is 0.0469 e. The first-order valence-corrected chi connectivity index (χ1v) is 6.00. The molecule has 90 valence electrons. The van der Waals surface area contributed by atoms with Crippen LogP contribution < -0.4 is 11.1 Å². The molecule has 15 heavy (non-hydrogen) atoms.